The van der Waals surface area contributed by atoms with Gasteiger partial charge in [0.2, 0.25) is 17.0 Å². The molecule has 27 heavy (non-hydrogen) atoms. The van der Waals surface area contributed by atoms with Crippen LogP contribution in [-0.2, 0) is 9.59 Å². The molecule has 3 rings (SSSR count). The summed E-state index contributed by atoms with van der Waals surface area (Å²) in [5, 5.41) is 18.1. The first-order valence-electron chi connectivity index (χ1n) is 7.86. The Morgan fingerprint density at radius 3 is 2.30 bits per heavy atom. The highest BCUT2D eigenvalue weighted by molar-refractivity contribution is 7.99. The number of nitrogens with zero attached hydrogens (tertiary/aromatic N) is 4. The zero-order valence-electron chi connectivity index (χ0n) is 14.2. The summed E-state index contributed by atoms with van der Waals surface area (Å²) in [6, 6.07) is 13.9. The third kappa shape index (κ3) is 5.28. The van der Waals surface area contributed by atoms with Crippen LogP contribution in [0.5, 0.6) is 0 Å². The molecule has 138 valence electrons. The fraction of sp³-hybridized carbons (Fsp3) is 0.118. The summed E-state index contributed by atoms with van der Waals surface area (Å²) in [7, 11) is 0. The minimum atomic E-state index is -0.196. The maximum absolute atomic E-state index is 12.2. The summed E-state index contributed by atoms with van der Waals surface area (Å²) in [4.78, 5) is 23.2. The largest absolute Gasteiger partial charge is 0.326 e. The molecule has 2 amide bonds. The monoisotopic (exact) mass is 402 g/mol. The standard InChI is InChI=1S/C17H15ClN6O2S/c1-11(25)19-13-4-6-14(7-5-13)20-16(26)10-27-17-21-22-23-24(17)15-8-2-12(18)3-9-15/h2-9H,10H2,1H3,(H,19,25)(H,20,26). The van der Waals surface area contributed by atoms with Crippen LogP contribution >= 0.6 is 23.4 Å². The number of rotatable bonds is 6. The fourth-order valence-corrected chi connectivity index (χ4v) is 3.00. The van der Waals surface area contributed by atoms with E-state index in [1.165, 1.54) is 23.4 Å². The zero-order chi connectivity index (χ0) is 19.2. The van der Waals surface area contributed by atoms with E-state index in [9.17, 15) is 9.59 Å². The first-order valence-corrected chi connectivity index (χ1v) is 9.22. The molecule has 0 unspecified atom stereocenters. The highest BCUT2D eigenvalue weighted by Gasteiger charge is 2.12. The van der Waals surface area contributed by atoms with Crippen molar-refractivity contribution < 1.29 is 9.59 Å². The van der Waals surface area contributed by atoms with E-state index in [-0.39, 0.29) is 17.6 Å². The van der Waals surface area contributed by atoms with Crippen LogP contribution in [0.25, 0.3) is 5.69 Å². The summed E-state index contributed by atoms with van der Waals surface area (Å²) in [5.41, 5.74) is 2.05. The number of halogens is 1. The number of nitrogens with one attached hydrogen (secondary N) is 2. The minimum Gasteiger partial charge on any atom is -0.326 e. The second kappa shape index (κ2) is 8.65. The average Bonchev–Trinajstić information content (AvgIpc) is 3.10. The summed E-state index contributed by atoms with van der Waals surface area (Å²) >= 11 is 7.10. The molecule has 10 heteroatoms. The van der Waals surface area contributed by atoms with Crippen LogP contribution in [0.2, 0.25) is 5.02 Å². The molecular formula is C17H15ClN6O2S. The van der Waals surface area contributed by atoms with Crippen LogP contribution in [0.4, 0.5) is 11.4 Å². The molecule has 0 atom stereocenters. The van der Waals surface area contributed by atoms with Gasteiger partial charge in [-0.2, -0.15) is 4.68 Å². The van der Waals surface area contributed by atoms with E-state index >= 15 is 0 Å². The lowest BCUT2D eigenvalue weighted by Crippen LogP contribution is -2.14. The van der Waals surface area contributed by atoms with E-state index in [4.69, 9.17) is 11.6 Å². The maximum atomic E-state index is 12.2. The Labute approximate surface area is 164 Å². The van der Waals surface area contributed by atoms with Crippen molar-refractivity contribution in [1.29, 1.82) is 0 Å². The molecule has 2 aromatic carbocycles. The highest BCUT2D eigenvalue weighted by atomic mass is 35.5. The maximum Gasteiger partial charge on any atom is 0.234 e. The second-order valence-electron chi connectivity index (χ2n) is 5.45. The summed E-state index contributed by atoms with van der Waals surface area (Å²) in [5.74, 6) is -0.207. The molecule has 2 N–H and O–H groups in total. The summed E-state index contributed by atoms with van der Waals surface area (Å²) in [6.07, 6.45) is 0. The molecule has 0 aliphatic carbocycles. The van der Waals surface area contributed by atoms with Gasteiger partial charge in [0.05, 0.1) is 11.4 Å². The van der Waals surface area contributed by atoms with Gasteiger partial charge in [-0.1, -0.05) is 23.4 Å². The van der Waals surface area contributed by atoms with Gasteiger partial charge in [0.15, 0.2) is 0 Å². The van der Waals surface area contributed by atoms with Gasteiger partial charge >= 0.3 is 0 Å². The van der Waals surface area contributed by atoms with E-state index in [0.29, 0.717) is 21.6 Å². The van der Waals surface area contributed by atoms with E-state index < -0.39 is 0 Å². The van der Waals surface area contributed by atoms with Gasteiger partial charge in [-0.15, -0.1) is 5.10 Å². The van der Waals surface area contributed by atoms with Crippen LogP contribution in [-0.4, -0.2) is 37.8 Å². The predicted molar refractivity (Wildman–Crippen MR) is 104 cm³/mol. The molecule has 1 heterocycles. The molecule has 0 aliphatic rings. The smallest absolute Gasteiger partial charge is 0.234 e. The van der Waals surface area contributed by atoms with Crippen LogP contribution in [0.15, 0.2) is 53.7 Å². The van der Waals surface area contributed by atoms with Crippen LogP contribution < -0.4 is 10.6 Å². The predicted octanol–water partition coefficient (Wildman–Crippen LogP) is 3.00. The molecule has 0 fully saturated rings. The number of carbonyl (C=O) groups is 2. The van der Waals surface area contributed by atoms with Gasteiger partial charge in [0.1, 0.15) is 0 Å². The lowest BCUT2D eigenvalue weighted by atomic mass is 10.3. The average molecular weight is 403 g/mol. The number of thioether (sulfide) groups is 1. The van der Waals surface area contributed by atoms with Gasteiger partial charge in [-0.3, -0.25) is 9.59 Å². The minimum absolute atomic E-state index is 0.140. The molecule has 3 aromatic rings. The number of anilines is 2. The van der Waals surface area contributed by atoms with Crippen molar-refractivity contribution in [2.45, 2.75) is 12.1 Å². The van der Waals surface area contributed by atoms with Crippen molar-refractivity contribution in [2.24, 2.45) is 0 Å². The molecule has 8 nitrogen and oxygen atoms in total. The van der Waals surface area contributed by atoms with E-state index in [0.717, 1.165) is 5.69 Å². The highest BCUT2D eigenvalue weighted by Crippen LogP contribution is 2.20. The van der Waals surface area contributed by atoms with Gasteiger partial charge in [-0.05, 0) is 59.0 Å². The van der Waals surface area contributed by atoms with Crippen LogP contribution in [0.1, 0.15) is 6.92 Å². The Morgan fingerprint density at radius 1 is 1.04 bits per heavy atom. The van der Waals surface area contributed by atoms with E-state index in [1.807, 2.05) is 0 Å². The summed E-state index contributed by atoms with van der Waals surface area (Å²) in [6.45, 7) is 1.44. The van der Waals surface area contributed by atoms with Crippen molar-refractivity contribution in [3.05, 3.63) is 53.6 Å². The van der Waals surface area contributed by atoms with E-state index in [1.54, 1.807) is 48.5 Å². The SMILES string of the molecule is CC(=O)Nc1ccc(NC(=O)CSc2nnnn2-c2ccc(Cl)cc2)cc1. The molecule has 0 bridgehead atoms. The van der Waals surface area contributed by atoms with Crippen LogP contribution in [0, 0.1) is 0 Å². The molecule has 0 aliphatic heterocycles. The van der Waals surface area contributed by atoms with Crippen molar-refractivity contribution >= 4 is 46.6 Å². The van der Waals surface area contributed by atoms with Crippen molar-refractivity contribution in [3.63, 3.8) is 0 Å². The van der Waals surface area contributed by atoms with Gasteiger partial charge < -0.3 is 10.6 Å². The topological polar surface area (TPSA) is 102 Å². The third-order valence-corrected chi connectivity index (χ3v) is 4.50. The zero-order valence-corrected chi connectivity index (χ0v) is 15.8. The van der Waals surface area contributed by atoms with E-state index in [2.05, 4.69) is 26.2 Å². The number of amides is 2. The second-order valence-corrected chi connectivity index (χ2v) is 6.82. The first-order chi connectivity index (χ1) is 13.0. The Bertz CT molecular complexity index is 943. The number of aromatic nitrogens is 4. The Hall–Kier alpha value is -2.91. The quantitative estimate of drug-likeness (QED) is 0.614. The first kappa shape index (κ1) is 18.9. The molecule has 1 aromatic heterocycles. The normalized spacial score (nSPS) is 10.4. The number of benzene rings is 2. The molecular weight excluding hydrogens is 388 g/mol. The fourth-order valence-electron chi connectivity index (χ4n) is 2.18. The van der Waals surface area contributed by atoms with Gasteiger partial charge in [0, 0.05) is 23.3 Å². The Morgan fingerprint density at radius 2 is 1.67 bits per heavy atom. The van der Waals surface area contributed by atoms with Crippen molar-refractivity contribution in [2.75, 3.05) is 16.4 Å². The van der Waals surface area contributed by atoms with Crippen molar-refractivity contribution in [1.82, 2.24) is 20.2 Å². The van der Waals surface area contributed by atoms with Gasteiger partial charge in [0.25, 0.3) is 0 Å². The summed E-state index contributed by atoms with van der Waals surface area (Å²) < 4.78 is 1.54. The van der Waals surface area contributed by atoms with Crippen molar-refractivity contribution in [3.8, 4) is 5.69 Å². The van der Waals surface area contributed by atoms with Crippen LogP contribution in [0.3, 0.4) is 0 Å². The Balaban J connectivity index is 1.58. The lowest BCUT2D eigenvalue weighted by molar-refractivity contribution is -0.114. The number of tetrazole rings is 1. The molecule has 0 saturated heterocycles. The molecule has 0 radical (unpaired) electrons. The number of hydrogen-bond donors (Lipinski definition) is 2. The lowest BCUT2D eigenvalue weighted by Gasteiger charge is -2.07. The molecule has 0 spiro atoms. The Kier molecular flexibility index (Phi) is 6.05. The third-order valence-electron chi connectivity index (χ3n) is 3.33. The number of carbonyl (C=O) groups excluding carboxylic acids is 2. The number of hydrogen-bond acceptors (Lipinski definition) is 6. The van der Waals surface area contributed by atoms with Gasteiger partial charge in [-0.25, -0.2) is 0 Å². The molecule has 0 saturated carbocycles.